The maximum Gasteiger partial charge on any atom is 0.340 e. The third kappa shape index (κ3) is 5.64. The molecule has 0 saturated carbocycles. The Balaban J connectivity index is 2.03. The smallest absolute Gasteiger partial charge is 0.340 e. The van der Waals surface area contributed by atoms with Crippen LogP contribution in [0.15, 0.2) is 48.8 Å². The zero-order chi connectivity index (χ0) is 19.6. The lowest BCUT2D eigenvalue weighted by Crippen LogP contribution is -2.40. The van der Waals surface area contributed by atoms with Crippen LogP contribution < -0.4 is 5.32 Å². The van der Waals surface area contributed by atoms with Gasteiger partial charge in [-0.3, -0.25) is 14.6 Å². The number of benzene rings is 1. The molecule has 1 aromatic heterocycles. The van der Waals surface area contributed by atoms with Gasteiger partial charge in [-0.25, -0.2) is 4.79 Å². The molecule has 142 valence electrons. The largest absolute Gasteiger partial charge is 0.462 e. The Labute approximate surface area is 158 Å². The highest BCUT2D eigenvalue weighted by atomic mass is 16.5. The van der Waals surface area contributed by atoms with Crippen LogP contribution in [0.5, 0.6) is 0 Å². The highest BCUT2D eigenvalue weighted by Crippen LogP contribution is 2.16. The molecule has 1 aromatic carbocycles. The van der Waals surface area contributed by atoms with Gasteiger partial charge in [0.1, 0.15) is 0 Å². The van der Waals surface area contributed by atoms with E-state index in [-0.39, 0.29) is 17.9 Å². The van der Waals surface area contributed by atoms with Gasteiger partial charge in [-0.2, -0.15) is 0 Å². The molecule has 7 nitrogen and oxygen atoms in total. The monoisotopic (exact) mass is 369 g/mol. The zero-order valence-corrected chi connectivity index (χ0v) is 15.5. The lowest BCUT2D eigenvalue weighted by Gasteiger charge is -2.20. The molecule has 1 N–H and O–H groups in total. The normalized spacial score (nSPS) is 10.1. The van der Waals surface area contributed by atoms with Crippen molar-refractivity contribution >= 4 is 23.5 Å². The van der Waals surface area contributed by atoms with E-state index in [1.807, 2.05) is 19.1 Å². The SMILES string of the molecule is CCOC(=O)c1ccccc1NC(=O)C(=O)N(CC)CCc1ccncc1. The van der Waals surface area contributed by atoms with E-state index >= 15 is 0 Å². The highest BCUT2D eigenvalue weighted by Gasteiger charge is 2.22. The fraction of sp³-hybridized carbons (Fsp3) is 0.300. The Morgan fingerprint density at radius 1 is 1.07 bits per heavy atom. The molecule has 0 aliphatic carbocycles. The first-order valence-electron chi connectivity index (χ1n) is 8.82. The molecule has 2 aromatic rings. The summed E-state index contributed by atoms with van der Waals surface area (Å²) in [6, 6.07) is 10.2. The van der Waals surface area contributed by atoms with Crippen molar-refractivity contribution < 1.29 is 19.1 Å². The summed E-state index contributed by atoms with van der Waals surface area (Å²) >= 11 is 0. The average Bonchev–Trinajstić information content (AvgIpc) is 2.69. The molecule has 0 spiro atoms. The molecule has 2 amide bonds. The van der Waals surface area contributed by atoms with Gasteiger partial charge in [-0.05, 0) is 50.1 Å². The minimum absolute atomic E-state index is 0.209. The van der Waals surface area contributed by atoms with E-state index < -0.39 is 17.8 Å². The Morgan fingerprint density at radius 3 is 2.44 bits per heavy atom. The van der Waals surface area contributed by atoms with Crippen LogP contribution in [-0.2, 0) is 20.7 Å². The number of carbonyl (C=O) groups excluding carboxylic acids is 3. The fourth-order valence-corrected chi connectivity index (χ4v) is 2.52. The number of aromatic nitrogens is 1. The van der Waals surface area contributed by atoms with Crippen LogP contribution in [0, 0.1) is 0 Å². The van der Waals surface area contributed by atoms with Gasteiger partial charge in [-0.15, -0.1) is 0 Å². The van der Waals surface area contributed by atoms with Gasteiger partial charge >= 0.3 is 17.8 Å². The first-order valence-corrected chi connectivity index (χ1v) is 8.82. The number of hydrogen-bond donors (Lipinski definition) is 1. The van der Waals surface area contributed by atoms with Crippen LogP contribution >= 0.6 is 0 Å². The molecular formula is C20H23N3O4. The van der Waals surface area contributed by atoms with Crippen molar-refractivity contribution in [2.45, 2.75) is 20.3 Å². The molecule has 27 heavy (non-hydrogen) atoms. The van der Waals surface area contributed by atoms with Crippen molar-refractivity contribution in [1.82, 2.24) is 9.88 Å². The maximum atomic E-state index is 12.5. The van der Waals surface area contributed by atoms with E-state index in [4.69, 9.17) is 4.74 Å². The number of pyridine rings is 1. The van der Waals surface area contributed by atoms with Crippen LogP contribution in [0.4, 0.5) is 5.69 Å². The first kappa shape index (κ1) is 20.1. The minimum Gasteiger partial charge on any atom is -0.462 e. The number of rotatable bonds is 7. The lowest BCUT2D eigenvalue weighted by atomic mass is 10.1. The minimum atomic E-state index is -0.789. The van der Waals surface area contributed by atoms with E-state index in [9.17, 15) is 14.4 Å². The number of ether oxygens (including phenoxy) is 1. The average molecular weight is 369 g/mol. The predicted octanol–water partition coefficient (Wildman–Crippen LogP) is 2.29. The first-order chi connectivity index (χ1) is 13.1. The number of amides is 2. The molecule has 0 fully saturated rings. The van der Waals surface area contributed by atoms with Crippen molar-refractivity contribution in [3.05, 3.63) is 59.9 Å². The summed E-state index contributed by atoms with van der Waals surface area (Å²) in [5.74, 6) is -1.99. The summed E-state index contributed by atoms with van der Waals surface area (Å²) in [6.45, 7) is 4.54. The third-order valence-corrected chi connectivity index (χ3v) is 3.95. The summed E-state index contributed by atoms with van der Waals surface area (Å²) in [7, 11) is 0. The van der Waals surface area contributed by atoms with E-state index in [1.54, 1.807) is 43.6 Å². The number of para-hydroxylation sites is 1. The summed E-state index contributed by atoms with van der Waals surface area (Å²) in [6.07, 6.45) is 3.99. The Hall–Kier alpha value is -3.22. The van der Waals surface area contributed by atoms with Gasteiger partial charge in [0.15, 0.2) is 0 Å². The lowest BCUT2D eigenvalue weighted by molar-refractivity contribution is -0.143. The van der Waals surface area contributed by atoms with Crippen molar-refractivity contribution in [3.8, 4) is 0 Å². The second-order valence-electron chi connectivity index (χ2n) is 5.71. The molecule has 0 aliphatic rings. The van der Waals surface area contributed by atoms with Crippen LogP contribution in [0.25, 0.3) is 0 Å². The summed E-state index contributed by atoms with van der Waals surface area (Å²) in [5, 5.41) is 2.52. The number of esters is 1. The molecule has 0 atom stereocenters. The summed E-state index contributed by atoms with van der Waals surface area (Å²) in [4.78, 5) is 42.3. The van der Waals surface area contributed by atoms with Crippen molar-refractivity contribution in [2.24, 2.45) is 0 Å². The number of anilines is 1. The van der Waals surface area contributed by atoms with Crippen molar-refractivity contribution in [1.29, 1.82) is 0 Å². The van der Waals surface area contributed by atoms with E-state index in [2.05, 4.69) is 10.3 Å². The standard InChI is InChI=1S/C20H23N3O4/c1-3-23(14-11-15-9-12-21-13-10-15)19(25)18(24)22-17-8-6-5-7-16(17)20(26)27-4-2/h5-10,12-13H,3-4,11,14H2,1-2H3,(H,22,24). The molecular weight excluding hydrogens is 346 g/mol. The highest BCUT2D eigenvalue weighted by molar-refractivity contribution is 6.39. The Kier molecular flexibility index (Phi) is 7.49. The summed E-state index contributed by atoms with van der Waals surface area (Å²) in [5.41, 5.74) is 1.49. The maximum absolute atomic E-state index is 12.5. The van der Waals surface area contributed by atoms with Crippen LogP contribution in [-0.4, -0.2) is 47.4 Å². The van der Waals surface area contributed by atoms with Crippen LogP contribution in [0.3, 0.4) is 0 Å². The number of nitrogens with zero attached hydrogens (tertiary/aromatic N) is 2. The molecule has 2 rings (SSSR count). The topological polar surface area (TPSA) is 88.6 Å². The Morgan fingerprint density at radius 2 is 1.78 bits per heavy atom. The number of carbonyl (C=O) groups is 3. The number of likely N-dealkylation sites (N-methyl/N-ethyl adjacent to an activating group) is 1. The second kappa shape index (κ2) is 10.1. The van der Waals surface area contributed by atoms with Crippen molar-refractivity contribution in [2.75, 3.05) is 25.0 Å². The van der Waals surface area contributed by atoms with E-state index in [0.29, 0.717) is 19.5 Å². The van der Waals surface area contributed by atoms with E-state index in [0.717, 1.165) is 5.56 Å². The predicted molar refractivity (Wildman–Crippen MR) is 101 cm³/mol. The molecule has 0 radical (unpaired) electrons. The van der Waals surface area contributed by atoms with Crippen molar-refractivity contribution in [3.63, 3.8) is 0 Å². The van der Waals surface area contributed by atoms with Gasteiger partial charge in [0.25, 0.3) is 0 Å². The fourth-order valence-electron chi connectivity index (χ4n) is 2.52. The van der Waals surface area contributed by atoms with Crippen LogP contribution in [0.1, 0.15) is 29.8 Å². The zero-order valence-electron chi connectivity index (χ0n) is 15.5. The van der Waals surface area contributed by atoms with Gasteiger partial charge in [0, 0.05) is 25.5 Å². The molecule has 7 heteroatoms. The Bertz CT molecular complexity index is 793. The molecule has 0 saturated heterocycles. The molecule has 1 heterocycles. The second-order valence-corrected chi connectivity index (χ2v) is 5.71. The van der Waals surface area contributed by atoms with E-state index in [1.165, 1.54) is 4.90 Å². The number of nitrogens with one attached hydrogen (secondary N) is 1. The molecule has 0 unspecified atom stereocenters. The molecule has 0 aliphatic heterocycles. The summed E-state index contributed by atoms with van der Waals surface area (Å²) < 4.78 is 4.98. The van der Waals surface area contributed by atoms with Gasteiger partial charge < -0.3 is 15.0 Å². The third-order valence-electron chi connectivity index (χ3n) is 3.95. The van der Waals surface area contributed by atoms with Gasteiger partial charge in [0.05, 0.1) is 17.9 Å². The number of hydrogen-bond acceptors (Lipinski definition) is 5. The van der Waals surface area contributed by atoms with Gasteiger partial charge in [0.2, 0.25) is 0 Å². The van der Waals surface area contributed by atoms with Gasteiger partial charge in [-0.1, -0.05) is 12.1 Å². The quantitative estimate of drug-likeness (QED) is 0.597. The van der Waals surface area contributed by atoms with Crippen LogP contribution in [0.2, 0.25) is 0 Å². The molecule has 0 bridgehead atoms.